The molecule has 0 aromatic heterocycles. The molecule has 0 atom stereocenters. The summed E-state index contributed by atoms with van der Waals surface area (Å²) in [4.78, 5) is 17.8. The van der Waals surface area contributed by atoms with E-state index in [0.29, 0.717) is 18.8 Å². The Kier molecular flexibility index (Phi) is 8.34. The van der Waals surface area contributed by atoms with E-state index in [9.17, 15) is 4.79 Å². The van der Waals surface area contributed by atoms with Crippen LogP contribution in [-0.4, -0.2) is 44.0 Å². The van der Waals surface area contributed by atoms with E-state index in [0.717, 1.165) is 18.1 Å². The number of rotatable bonds is 8. The molecule has 0 bridgehead atoms. The maximum absolute atomic E-state index is 11.7. The van der Waals surface area contributed by atoms with Crippen molar-refractivity contribution in [2.24, 2.45) is 4.99 Å². The van der Waals surface area contributed by atoms with E-state index in [2.05, 4.69) is 46.8 Å². The molecule has 6 heteroatoms. The molecule has 28 heavy (non-hydrogen) atoms. The summed E-state index contributed by atoms with van der Waals surface area (Å²) in [5.41, 5.74) is 3.47. The van der Waals surface area contributed by atoms with Gasteiger partial charge in [-0.15, -0.1) is 0 Å². The highest BCUT2D eigenvalue weighted by Gasteiger charge is 2.05. The van der Waals surface area contributed by atoms with Crippen LogP contribution in [0.4, 0.5) is 0 Å². The molecule has 0 saturated heterocycles. The summed E-state index contributed by atoms with van der Waals surface area (Å²) >= 11 is 0. The van der Waals surface area contributed by atoms with Gasteiger partial charge in [-0.05, 0) is 37.1 Å². The zero-order valence-electron chi connectivity index (χ0n) is 17.2. The summed E-state index contributed by atoms with van der Waals surface area (Å²) < 4.78 is 5.57. The molecule has 6 nitrogen and oxygen atoms in total. The zero-order chi connectivity index (χ0) is 20.4. The molecular weight excluding hydrogens is 352 g/mol. The second-order valence-corrected chi connectivity index (χ2v) is 6.76. The molecule has 0 radical (unpaired) electrons. The SMILES string of the molecule is CCNC(=NCc1cccc(OCC(=O)N(C)C)c1)NCc1ccc(C)cc1. The van der Waals surface area contributed by atoms with Crippen LogP contribution in [0.2, 0.25) is 0 Å². The van der Waals surface area contributed by atoms with Gasteiger partial charge in [0.1, 0.15) is 5.75 Å². The summed E-state index contributed by atoms with van der Waals surface area (Å²) in [6.07, 6.45) is 0. The van der Waals surface area contributed by atoms with Crippen molar-refractivity contribution in [3.8, 4) is 5.75 Å². The van der Waals surface area contributed by atoms with E-state index >= 15 is 0 Å². The number of guanidine groups is 1. The third kappa shape index (κ3) is 7.31. The third-order valence-corrected chi connectivity index (χ3v) is 4.10. The number of nitrogens with one attached hydrogen (secondary N) is 2. The van der Waals surface area contributed by atoms with Crippen LogP contribution < -0.4 is 15.4 Å². The maximum Gasteiger partial charge on any atom is 0.259 e. The van der Waals surface area contributed by atoms with Crippen molar-refractivity contribution < 1.29 is 9.53 Å². The van der Waals surface area contributed by atoms with E-state index in [1.807, 2.05) is 31.2 Å². The van der Waals surface area contributed by atoms with Gasteiger partial charge in [0, 0.05) is 27.2 Å². The Labute approximate surface area is 167 Å². The Bertz CT molecular complexity index is 785. The molecule has 0 fully saturated rings. The summed E-state index contributed by atoms with van der Waals surface area (Å²) in [6.45, 7) is 6.16. The first-order valence-corrected chi connectivity index (χ1v) is 9.47. The van der Waals surface area contributed by atoms with E-state index in [-0.39, 0.29) is 12.5 Å². The molecule has 0 aliphatic heterocycles. The number of hydrogen-bond donors (Lipinski definition) is 2. The van der Waals surface area contributed by atoms with Crippen molar-refractivity contribution in [1.82, 2.24) is 15.5 Å². The average molecular weight is 383 g/mol. The molecule has 0 spiro atoms. The first kappa shape index (κ1) is 21.3. The topological polar surface area (TPSA) is 66.0 Å². The number of nitrogens with zero attached hydrogens (tertiary/aromatic N) is 2. The van der Waals surface area contributed by atoms with Gasteiger partial charge in [0.15, 0.2) is 12.6 Å². The lowest BCUT2D eigenvalue weighted by atomic mass is 10.1. The van der Waals surface area contributed by atoms with Gasteiger partial charge < -0.3 is 20.3 Å². The minimum atomic E-state index is -0.0711. The van der Waals surface area contributed by atoms with Crippen molar-refractivity contribution in [2.45, 2.75) is 26.9 Å². The Morgan fingerprint density at radius 1 is 1.07 bits per heavy atom. The highest BCUT2D eigenvalue weighted by molar-refractivity contribution is 5.79. The lowest BCUT2D eigenvalue weighted by molar-refractivity contribution is -0.130. The van der Waals surface area contributed by atoms with E-state index < -0.39 is 0 Å². The fourth-order valence-electron chi connectivity index (χ4n) is 2.41. The Hall–Kier alpha value is -3.02. The molecule has 2 aromatic rings. The molecule has 150 valence electrons. The molecule has 2 aromatic carbocycles. The first-order valence-electron chi connectivity index (χ1n) is 9.47. The fourth-order valence-corrected chi connectivity index (χ4v) is 2.41. The van der Waals surface area contributed by atoms with Crippen LogP contribution in [0, 0.1) is 6.92 Å². The summed E-state index contributed by atoms with van der Waals surface area (Å²) in [5, 5.41) is 6.61. The van der Waals surface area contributed by atoms with Crippen LogP contribution >= 0.6 is 0 Å². The standard InChI is InChI=1S/C22H30N4O2/c1-5-23-22(24-14-18-11-9-17(2)10-12-18)25-15-19-7-6-8-20(13-19)28-16-21(27)26(3)4/h6-13H,5,14-16H2,1-4H3,(H2,23,24,25). The molecule has 0 aliphatic rings. The normalized spacial score (nSPS) is 11.1. The number of hydrogen-bond acceptors (Lipinski definition) is 3. The summed E-state index contributed by atoms with van der Waals surface area (Å²) in [5.74, 6) is 1.36. The van der Waals surface area contributed by atoms with E-state index in [1.54, 1.807) is 14.1 Å². The largest absolute Gasteiger partial charge is 0.484 e. The minimum Gasteiger partial charge on any atom is -0.484 e. The van der Waals surface area contributed by atoms with Crippen molar-refractivity contribution in [2.75, 3.05) is 27.2 Å². The van der Waals surface area contributed by atoms with Gasteiger partial charge in [0.05, 0.1) is 6.54 Å². The molecule has 2 rings (SSSR count). The lowest BCUT2D eigenvalue weighted by Crippen LogP contribution is -2.36. The van der Waals surface area contributed by atoms with Crippen LogP contribution in [-0.2, 0) is 17.9 Å². The highest BCUT2D eigenvalue weighted by atomic mass is 16.5. The summed E-state index contributed by atoms with van der Waals surface area (Å²) in [7, 11) is 3.42. The predicted octanol–water partition coefficient (Wildman–Crippen LogP) is 2.72. The van der Waals surface area contributed by atoms with Crippen molar-refractivity contribution in [3.05, 3.63) is 65.2 Å². The number of carbonyl (C=O) groups excluding carboxylic acids is 1. The smallest absolute Gasteiger partial charge is 0.259 e. The van der Waals surface area contributed by atoms with Gasteiger partial charge in [0.25, 0.3) is 5.91 Å². The Morgan fingerprint density at radius 2 is 1.82 bits per heavy atom. The molecule has 0 aliphatic carbocycles. The van der Waals surface area contributed by atoms with Gasteiger partial charge in [-0.2, -0.15) is 0 Å². The molecule has 0 saturated carbocycles. The summed E-state index contributed by atoms with van der Waals surface area (Å²) in [6, 6.07) is 16.1. The number of ether oxygens (including phenoxy) is 1. The van der Waals surface area contributed by atoms with Gasteiger partial charge in [0.2, 0.25) is 0 Å². The van der Waals surface area contributed by atoms with Crippen molar-refractivity contribution in [3.63, 3.8) is 0 Å². The molecule has 2 N–H and O–H groups in total. The first-order chi connectivity index (χ1) is 13.5. The van der Waals surface area contributed by atoms with Crippen LogP contribution in [0.15, 0.2) is 53.5 Å². The van der Waals surface area contributed by atoms with Crippen LogP contribution in [0.5, 0.6) is 5.75 Å². The number of aliphatic imine (C=N–C) groups is 1. The van der Waals surface area contributed by atoms with Crippen molar-refractivity contribution in [1.29, 1.82) is 0 Å². The highest BCUT2D eigenvalue weighted by Crippen LogP contribution is 2.14. The monoisotopic (exact) mass is 382 g/mol. The molecule has 0 unspecified atom stereocenters. The zero-order valence-corrected chi connectivity index (χ0v) is 17.2. The number of aryl methyl sites for hydroxylation is 1. The minimum absolute atomic E-state index is 0.0282. The van der Waals surface area contributed by atoms with Gasteiger partial charge >= 0.3 is 0 Å². The Morgan fingerprint density at radius 3 is 2.50 bits per heavy atom. The Balaban J connectivity index is 1.94. The molecular formula is C22H30N4O2. The third-order valence-electron chi connectivity index (χ3n) is 4.10. The van der Waals surface area contributed by atoms with Gasteiger partial charge in [-0.25, -0.2) is 4.99 Å². The van der Waals surface area contributed by atoms with Crippen LogP contribution in [0.3, 0.4) is 0 Å². The second kappa shape index (κ2) is 11.0. The fraction of sp³-hybridized carbons (Fsp3) is 0.364. The number of likely N-dealkylation sites (N-methyl/N-ethyl adjacent to an activating group) is 1. The molecule has 1 amide bonds. The number of amides is 1. The van der Waals surface area contributed by atoms with Crippen LogP contribution in [0.1, 0.15) is 23.6 Å². The molecule has 0 heterocycles. The lowest BCUT2D eigenvalue weighted by Gasteiger charge is -2.13. The van der Waals surface area contributed by atoms with E-state index in [1.165, 1.54) is 16.0 Å². The maximum atomic E-state index is 11.7. The number of carbonyl (C=O) groups is 1. The predicted molar refractivity (Wildman–Crippen MR) is 113 cm³/mol. The van der Waals surface area contributed by atoms with Gasteiger partial charge in [-0.1, -0.05) is 42.0 Å². The second-order valence-electron chi connectivity index (χ2n) is 6.76. The van der Waals surface area contributed by atoms with E-state index in [4.69, 9.17) is 4.74 Å². The van der Waals surface area contributed by atoms with Gasteiger partial charge in [-0.3, -0.25) is 4.79 Å². The number of benzene rings is 2. The quantitative estimate of drug-likeness (QED) is 0.544. The van der Waals surface area contributed by atoms with Crippen molar-refractivity contribution >= 4 is 11.9 Å². The van der Waals surface area contributed by atoms with Crippen LogP contribution in [0.25, 0.3) is 0 Å². The average Bonchev–Trinajstić information content (AvgIpc) is 2.69.